The van der Waals surface area contributed by atoms with E-state index in [-0.39, 0.29) is 11.2 Å². The van der Waals surface area contributed by atoms with E-state index < -0.39 is 10.0 Å². The first-order valence-electron chi connectivity index (χ1n) is 6.46. The first kappa shape index (κ1) is 14.6. The highest BCUT2D eigenvalue weighted by Gasteiger charge is 2.25. The van der Waals surface area contributed by atoms with Gasteiger partial charge in [-0.3, -0.25) is 0 Å². The lowest BCUT2D eigenvalue weighted by molar-refractivity contribution is 0.0987. The predicted molar refractivity (Wildman–Crippen MR) is 80.4 cm³/mol. The minimum atomic E-state index is -3.44. The third-order valence-corrected chi connectivity index (χ3v) is 4.65. The summed E-state index contributed by atoms with van der Waals surface area (Å²) in [5, 5.41) is 0.238. The minimum Gasteiger partial charge on any atom is -0.377 e. The number of halogens is 1. The molecular weight excluding hydrogens is 316 g/mol. The summed E-state index contributed by atoms with van der Waals surface area (Å²) in [6, 6.07) is 1.64. The van der Waals surface area contributed by atoms with Crippen molar-refractivity contribution < 1.29 is 13.2 Å². The molecule has 7 nitrogen and oxygen atoms in total. The first-order chi connectivity index (χ1) is 9.88. The summed E-state index contributed by atoms with van der Waals surface area (Å²) in [5.74, 6) is 0.593. The van der Waals surface area contributed by atoms with Gasteiger partial charge in [0.05, 0.1) is 31.0 Å². The maximum Gasteiger partial charge on any atom is 0.237 e. The molecule has 2 aromatic heterocycles. The largest absolute Gasteiger partial charge is 0.377 e. The number of pyridine rings is 1. The van der Waals surface area contributed by atoms with Crippen molar-refractivity contribution in [3.8, 4) is 0 Å². The van der Waals surface area contributed by atoms with Gasteiger partial charge in [0.2, 0.25) is 10.0 Å². The second kappa shape index (κ2) is 5.11. The van der Waals surface area contributed by atoms with E-state index in [4.69, 9.17) is 16.3 Å². The molecule has 2 aromatic rings. The van der Waals surface area contributed by atoms with Crippen LogP contribution in [0, 0.1) is 0 Å². The Balaban J connectivity index is 2.22. The van der Waals surface area contributed by atoms with Gasteiger partial charge in [-0.1, -0.05) is 11.6 Å². The van der Waals surface area contributed by atoms with Gasteiger partial charge in [0.25, 0.3) is 0 Å². The smallest absolute Gasteiger partial charge is 0.237 e. The molecule has 21 heavy (non-hydrogen) atoms. The van der Waals surface area contributed by atoms with Gasteiger partial charge in [-0.05, 0) is 6.92 Å². The van der Waals surface area contributed by atoms with Crippen LogP contribution >= 0.6 is 11.6 Å². The Labute approximate surface area is 127 Å². The third-order valence-electron chi connectivity index (χ3n) is 3.45. The molecule has 3 heterocycles. The molecule has 1 saturated heterocycles. The van der Waals surface area contributed by atoms with Crippen LogP contribution in [0.15, 0.2) is 12.4 Å². The fraction of sp³-hybridized carbons (Fsp3) is 0.500. The standard InChI is InChI=1S/C12H15ClN4O3S/c1-8-6-20-4-3-16(8)12-11-9(5-10(13)15-12)17(7-14-11)21(2,18)19/h5,7-8H,3-4,6H2,1-2H3/t8-/m1/s1. The van der Waals surface area contributed by atoms with Crippen molar-refractivity contribution in [2.45, 2.75) is 13.0 Å². The van der Waals surface area contributed by atoms with Crippen molar-refractivity contribution in [2.24, 2.45) is 0 Å². The Morgan fingerprint density at radius 2 is 2.24 bits per heavy atom. The Kier molecular flexibility index (Phi) is 3.54. The molecule has 1 fully saturated rings. The van der Waals surface area contributed by atoms with Crippen molar-refractivity contribution in [2.75, 3.05) is 30.9 Å². The van der Waals surface area contributed by atoms with Crippen molar-refractivity contribution in [1.82, 2.24) is 13.9 Å². The summed E-state index contributed by atoms with van der Waals surface area (Å²) >= 11 is 6.06. The van der Waals surface area contributed by atoms with Gasteiger partial charge in [0.15, 0.2) is 5.82 Å². The molecule has 0 amide bonds. The van der Waals surface area contributed by atoms with Crippen molar-refractivity contribution in [1.29, 1.82) is 0 Å². The van der Waals surface area contributed by atoms with Crippen LogP contribution in [0.5, 0.6) is 0 Å². The fourth-order valence-electron chi connectivity index (χ4n) is 2.45. The van der Waals surface area contributed by atoms with Crippen LogP contribution in [0.2, 0.25) is 5.15 Å². The normalized spacial score (nSPS) is 20.1. The number of fused-ring (bicyclic) bond motifs is 1. The summed E-state index contributed by atoms with van der Waals surface area (Å²) in [6.07, 6.45) is 2.41. The van der Waals surface area contributed by atoms with Crippen LogP contribution in [-0.2, 0) is 14.8 Å². The molecule has 0 aromatic carbocycles. The second-order valence-electron chi connectivity index (χ2n) is 5.06. The maximum absolute atomic E-state index is 11.8. The van der Waals surface area contributed by atoms with E-state index in [1.165, 1.54) is 12.4 Å². The molecule has 3 rings (SSSR count). The summed E-state index contributed by atoms with van der Waals surface area (Å²) in [7, 11) is -3.44. The third kappa shape index (κ3) is 2.58. The van der Waals surface area contributed by atoms with E-state index in [1.807, 2.05) is 11.8 Å². The minimum absolute atomic E-state index is 0.122. The van der Waals surface area contributed by atoms with Gasteiger partial charge in [-0.2, -0.15) is 0 Å². The maximum atomic E-state index is 11.8. The highest BCUT2D eigenvalue weighted by atomic mass is 35.5. The first-order valence-corrected chi connectivity index (χ1v) is 8.69. The zero-order valence-corrected chi connectivity index (χ0v) is 13.2. The Bertz CT molecular complexity index is 789. The molecule has 0 N–H and O–H groups in total. The van der Waals surface area contributed by atoms with Crippen LogP contribution in [0.3, 0.4) is 0 Å². The molecule has 0 radical (unpaired) electrons. The number of hydrogen-bond acceptors (Lipinski definition) is 6. The molecule has 9 heteroatoms. The predicted octanol–water partition coefficient (Wildman–Crippen LogP) is 1.12. The van der Waals surface area contributed by atoms with Crippen LogP contribution in [0.4, 0.5) is 5.82 Å². The lowest BCUT2D eigenvalue weighted by atomic mass is 10.2. The topological polar surface area (TPSA) is 77.3 Å². The Morgan fingerprint density at radius 3 is 2.90 bits per heavy atom. The molecule has 1 atom stereocenters. The van der Waals surface area contributed by atoms with Gasteiger partial charge in [-0.15, -0.1) is 0 Å². The van der Waals surface area contributed by atoms with E-state index in [1.54, 1.807) is 0 Å². The van der Waals surface area contributed by atoms with Gasteiger partial charge in [0, 0.05) is 12.6 Å². The van der Waals surface area contributed by atoms with Gasteiger partial charge in [-0.25, -0.2) is 22.4 Å². The molecule has 1 aliphatic heterocycles. The van der Waals surface area contributed by atoms with Gasteiger partial charge < -0.3 is 9.64 Å². The molecule has 0 unspecified atom stereocenters. The molecule has 114 valence electrons. The number of morpholine rings is 1. The fourth-order valence-corrected chi connectivity index (χ4v) is 3.35. The molecule has 0 saturated carbocycles. The number of anilines is 1. The summed E-state index contributed by atoms with van der Waals surface area (Å²) in [6.45, 7) is 3.85. The Hall–Kier alpha value is -1.38. The molecular formula is C12H15ClN4O3S. The number of hydrogen-bond donors (Lipinski definition) is 0. The lowest BCUT2D eigenvalue weighted by Gasteiger charge is -2.34. The highest BCUT2D eigenvalue weighted by molar-refractivity contribution is 7.89. The quantitative estimate of drug-likeness (QED) is 0.768. The van der Waals surface area contributed by atoms with Gasteiger partial charge >= 0.3 is 0 Å². The lowest BCUT2D eigenvalue weighted by Crippen LogP contribution is -2.44. The average Bonchev–Trinajstić information content (AvgIpc) is 2.82. The zero-order valence-electron chi connectivity index (χ0n) is 11.7. The van der Waals surface area contributed by atoms with E-state index >= 15 is 0 Å². The van der Waals surface area contributed by atoms with Crippen molar-refractivity contribution in [3.05, 3.63) is 17.5 Å². The van der Waals surface area contributed by atoms with Gasteiger partial charge in [0.1, 0.15) is 17.0 Å². The monoisotopic (exact) mass is 330 g/mol. The highest BCUT2D eigenvalue weighted by Crippen LogP contribution is 2.29. The number of rotatable bonds is 2. The van der Waals surface area contributed by atoms with E-state index in [2.05, 4.69) is 9.97 Å². The summed E-state index contributed by atoms with van der Waals surface area (Å²) in [5.41, 5.74) is 0.963. The molecule has 1 aliphatic rings. The number of ether oxygens (including phenoxy) is 1. The van der Waals surface area contributed by atoms with Crippen LogP contribution in [0.25, 0.3) is 11.0 Å². The summed E-state index contributed by atoms with van der Waals surface area (Å²) < 4.78 is 30.1. The molecule has 0 spiro atoms. The number of nitrogens with zero attached hydrogens (tertiary/aromatic N) is 4. The van der Waals surface area contributed by atoms with Crippen LogP contribution in [-0.4, -0.2) is 54.4 Å². The SMILES string of the molecule is C[C@@H]1COCCN1c1nc(Cl)cc2c1ncn2S(C)(=O)=O. The average molecular weight is 331 g/mol. The second-order valence-corrected chi connectivity index (χ2v) is 7.30. The molecule has 0 aliphatic carbocycles. The van der Waals surface area contributed by atoms with E-state index in [9.17, 15) is 8.42 Å². The Morgan fingerprint density at radius 1 is 1.48 bits per heavy atom. The van der Waals surface area contributed by atoms with Crippen molar-refractivity contribution in [3.63, 3.8) is 0 Å². The zero-order chi connectivity index (χ0) is 15.2. The van der Waals surface area contributed by atoms with Crippen LogP contribution < -0.4 is 4.90 Å². The number of imidazole rings is 1. The molecule has 0 bridgehead atoms. The summed E-state index contributed by atoms with van der Waals surface area (Å²) in [4.78, 5) is 10.6. The van der Waals surface area contributed by atoms with E-state index in [0.717, 1.165) is 10.2 Å². The number of aromatic nitrogens is 3. The van der Waals surface area contributed by atoms with Crippen molar-refractivity contribution >= 4 is 38.5 Å². The van der Waals surface area contributed by atoms with Crippen LogP contribution in [0.1, 0.15) is 6.92 Å². The van der Waals surface area contributed by atoms with E-state index in [0.29, 0.717) is 36.6 Å².